The summed E-state index contributed by atoms with van der Waals surface area (Å²) in [5.41, 5.74) is 0. The minimum Gasteiger partial charge on any atom is -0.492 e. The molecule has 0 bridgehead atoms. The van der Waals surface area contributed by atoms with Crippen LogP contribution < -0.4 is 10.1 Å². The van der Waals surface area contributed by atoms with Crippen molar-refractivity contribution in [1.82, 2.24) is 5.32 Å². The molecule has 108 valence electrons. The van der Waals surface area contributed by atoms with E-state index in [4.69, 9.17) is 21.1 Å². The molecule has 5 heteroatoms. The van der Waals surface area contributed by atoms with E-state index in [-0.39, 0.29) is 0 Å². The smallest absolute Gasteiger partial charge is 0.133 e. The van der Waals surface area contributed by atoms with Gasteiger partial charge in [0.25, 0.3) is 0 Å². The maximum atomic E-state index is 5.87. The van der Waals surface area contributed by atoms with E-state index < -0.39 is 0 Å². The van der Waals surface area contributed by atoms with Crippen molar-refractivity contribution in [2.45, 2.75) is 19.3 Å². The first kappa shape index (κ1) is 16.8. The van der Waals surface area contributed by atoms with E-state index in [1.165, 1.54) is 0 Å². The van der Waals surface area contributed by atoms with E-state index in [0.29, 0.717) is 5.02 Å². The van der Waals surface area contributed by atoms with Crippen molar-refractivity contribution in [2.24, 2.45) is 0 Å². The predicted molar refractivity (Wildman–Crippen MR) is 83.2 cm³/mol. The molecule has 0 aliphatic heterocycles. The Morgan fingerprint density at radius 2 is 1.95 bits per heavy atom. The van der Waals surface area contributed by atoms with Gasteiger partial charge in [0.2, 0.25) is 0 Å². The second-order valence-corrected chi connectivity index (χ2v) is 5.52. The van der Waals surface area contributed by atoms with Gasteiger partial charge in [-0.25, -0.2) is 0 Å². The second kappa shape index (κ2) is 10.5. The highest BCUT2D eigenvalue weighted by Gasteiger charge is 2.01. The largest absolute Gasteiger partial charge is 0.492 e. The van der Waals surface area contributed by atoms with Crippen molar-refractivity contribution in [3.63, 3.8) is 0 Å². The van der Waals surface area contributed by atoms with Crippen LogP contribution in [0, 0.1) is 0 Å². The van der Waals surface area contributed by atoms with Crippen molar-refractivity contribution in [2.75, 3.05) is 33.4 Å². The lowest BCUT2D eigenvalue weighted by Gasteiger charge is -2.08. The van der Waals surface area contributed by atoms with Crippen molar-refractivity contribution < 1.29 is 9.47 Å². The van der Waals surface area contributed by atoms with Crippen LogP contribution in [-0.4, -0.2) is 33.4 Å². The molecule has 0 saturated carbocycles. The van der Waals surface area contributed by atoms with Gasteiger partial charge in [-0.2, -0.15) is 0 Å². The highest BCUT2D eigenvalue weighted by molar-refractivity contribution is 9.10. The van der Waals surface area contributed by atoms with Gasteiger partial charge in [0.1, 0.15) is 5.75 Å². The number of rotatable bonds is 10. The third-order valence-electron chi connectivity index (χ3n) is 2.60. The van der Waals surface area contributed by atoms with Gasteiger partial charge in [-0.15, -0.1) is 0 Å². The fourth-order valence-electron chi connectivity index (χ4n) is 1.59. The Hall–Kier alpha value is -0.290. The molecule has 1 aromatic carbocycles. The van der Waals surface area contributed by atoms with Crippen LogP contribution in [0.3, 0.4) is 0 Å². The molecule has 3 nitrogen and oxygen atoms in total. The lowest BCUT2D eigenvalue weighted by atomic mass is 10.3. The van der Waals surface area contributed by atoms with E-state index in [1.807, 2.05) is 18.2 Å². The fourth-order valence-corrected chi connectivity index (χ4v) is 2.39. The van der Waals surface area contributed by atoms with Crippen molar-refractivity contribution in [3.05, 3.63) is 27.7 Å². The highest BCUT2D eigenvalue weighted by Crippen LogP contribution is 2.27. The van der Waals surface area contributed by atoms with Crippen LogP contribution in [0.2, 0.25) is 5.02 Å². The summed E-state index contributed by atoms with van der Waals surface area (Å²) >= 11 is 9.30. The summed E-state index contributed by atoms with van der Waals surface area (Å²) in [4.78, 5) is 0. The molecule has 0 unspecified atom stereocenters. The Bertz CT molecular complexity index is 363. The number of ether oxygens (including phenoxy) is 2. The van der Waals surface area contributed by atoms with E-state index in [2.05, 4.69) is 21.2 Å². The molecule has 1 rings (SSSR count). The van der Waals surface area contributed by atoms with Gasteiger partial charge in [0.15, 0.2) is 0 Å². The first-order valence-corrected chi connectivity index (χ1v) is 7.68. The van der Waals surface area contributed by atoms with Gasteiger partial charge in [0, 0.05) is 18.7 Å². The van der Waals surface area contributed by atoms with E-state index >= 15 is 0 Å². The zero-order valence-corrected chi connectivity index (χ0v) is 13.6. The third-order valence-corrected chi connectivity index (χ3v) is 3.46. The second-order valence-electron chi connectivity index (χ2n) is 4.23. The summed E-state index contributed by atoms with van der Waals surface area (Å²) in [5, 5.41) is 4.08. The Morgan fingerprint density at radius 1 is 1.16 bits per heavy atom. The quantitative estimate of drug-likeness (QED) is 0.649. The summed E-state index contributed by atoms with van der Waals surface area (Å²) in [6, 6.07) is 5.56. The minimum absolute atomic E-state index is 0.708. The van der Waals surface area contributed by atoms with Gasteiger partial charge in [-0.05, 0) is 66.5 Å². The van der Waals surface area contributed by atoms with Crippen LogP contribution in [-0.2, 0) is 4.74 Å². The molecule has 0 radical (unpaired) electrons. The molecule has 0 saturated heterocycles. The number of methoxy groups -OCH3 is 1. The number of nitrogens with one attached hydrogen (secondary N) is 1. The molecule has 0 aliphatic carbocycles. The molecule has 0 aromatic heterocycles. The maximum Gasteiger partial charge on any atom is 0.133 e. The number of halogens is 2. The van der Waals surface area contributed by atoms with Crippen molar-refractivity contribution >= 4 is 27.5 Å². The van der Waals surface area contributed by atoms with E-state index in [9.17, 15) is 0 Å². The lowest BCUT2D eigenvalue weighted by Crippen LogP contribution is -2.18. The summed E-state index contributed by atoms with van der Waals surface area (Å²) in [6.07, 6.45) is 3.20. The van der Waals surface area contributed by atoms with Crippen LogP contribution in [0.25, 0.3) is 0 Å². The van der Waals surface area contributed by atoms with Crippen LogP contribution in [0.5, 0.6) is 5.75 Å². The number of unbranched alkanes of at least 4 members (excludes halogenated alkanes) is 1. The maximum absolute atomic E-state index is 5.87. The van der Waals surface area contributed by atoms with Crippen LogP contribution >= 0.6 is 27.5 Å². The molecular formula is C14H21BrClNO2. The molecule has 0 fully saturated rings. The molecule has 1 aromatic rings. The summed E-state index contributed by atoms with van der Waals surface area (Å²) in [7, 11) is 1.73. The topological polar surface area (TPSA) is 30.5 Å². The standard InChI is InChI=1S/C14H21BrClNO2/c1-18-9-4-8-17-7-2-3-10-19-14-6-5-12(16)11-13(14)15/h5-6,11,17H,2-4,7-10H2,1H3. The number of hydrogen-bond acceptors (Lipinski definition) is 3. The first-order chi connectivity index (χ1) is 9.24. The van der Waals surface area contributed by atoms with Crippen LogP contribution in [0.4, 0.5) is 0 Å². The fraction of sp³-hybridized carbons (Fsp3) is 0.571. The number of hydrogen-bond donors (Lipinski definition) is 1. The first-order valence-electron chi connectivity index (χ1n) is 6.51. The summed E-state index contributed by atoms with van der Waals surface area (Å²) in [6.45, 7) is 3.58. The lowest BCUT2D eigenvalue weighted by molar-refractivity contribution is 0.194. The predicted octanol–water partition coefficient (Wildman–Crippen LogP) is 3.89. The average molecular weight is 351 g/mol. The van der Waals surface area contributed by atoms with Gasteiger partial charge in [-0.1, -0.05) is 11.6 Å². The molecule has 0 aliphatic rings. The van der Waals surface area contributed by atoms with Crippen molar-refractivity contribution in [3.8, 4) is 5.75 Å². The van der Waals surface area contributed by atoms with E-state index in [1.54, 1.807) is 7.11 Å². The molecule has 0 heterocycles. The SMILES string of the molecule is COCCCNCCCCOc1ccc(Cl)cc1Br. The van der Waals surface area contributed by atoms with Gasteiger partial charge >= 0.3 is 0 Å². The monoisotopic (exact) mass is 349 g/mol. The van der Waals surface area contributed by atoms with Gasteiger partial charge in [0.05, 0.1) is 11.1 Å². The Balaban J connectivity index is 2.01. The molecule has 1 N–H and O–H groups in total. The molecular weight excluding hydrogens is 330 g/mol. The van der Waals surface area contributed by atoms with E-state index in [0.717, 1.165) is 55.8 Å². The molecule has 0 spiro atoms. The molecule has 0 amide bonds. The zero-order valence-electron chi connectivity index (χ0n) is 11.3. The van der Waals surface area contributed by atoms with Gasteiger partial charge < -0.3 is 14.8 Å². The Kier molecular flexibility index (Phi) is 9.26. The molecule has 19 heavy (non-hydrogen) atoms. The Morgan fingerprint density at radius 3 is 2.68 bits per heavy atom. The highest BCUT2D eigenvalue weighted by atomic mass is 79.9. The van der Waals surface area contributed by atoms with Gasteiger partial charge in [-0.3, -0.25) is 0 Å². The van der Waals surface area contributed by atoms with Crippen LogP contribution in [0.1, 0.15) is 19.3 Å². The zero-order chi connectivity index (χ0) is 13.9. The normalized spacial score (nSPS) is 10.7. The Labute approximate surface area is 128 Å². The summed E-state index contributed by atoms with van der Waals surface area (Å²) < 4.78 is 11.6. The minimum atomic E-state index is 0.708. The van der Waals surface area contributed by atoms with Crippen LogP contribution in [0.15, 0.2) is 22.7 Å². The molecule has 0 atom stereocenters. The average Bonchev–Trinajstić information content (AvgIpc) is 2.39. The number of benzene rings is 1. The third kappa shape index (κ3) is 7.78. The summed E-state index contributed by atoms with van der Waals surface area (Å²) in [5.74, 6) is 0.845. The van der Waals surface area contributed by atoms with Crippen molar-refractivity contribution in [1.29, 1.82) is 0 Å².